The molecule has 0 aliphatic carbocycles. The lowest BCUT2D eigenvalue weighted by Gasteiger charge is -2.34. The first-order valence-electron chi connectivity index (χ1n) is 22.1. The maximum atomic E-state index is 12.9. The van der Waals surface area contributed by atoms with Crippen molar-refractivity contribution in [2.45, 2.75) is 0 Å². The van der Waals surface area contributed by atoms with Crippen LogP contribution in [0.25, 0.3) is 43.6 Å². The molecule has 4 aromatic carbocycles. The second kappa shape index (κ2) is 18.6. The zero-order valence-electron chi connectivity index (χ0n) is 38.7. The number of anilines is 7. The fourth-order valence-electron chi connectivity index (χ4n) is 8.68. The predicted molar refractivity (Wildman–Crippen MR) is 268 cm³/mol. The molecule has 0 bridgehead atoms. The number of nitrogens with two attached hydrogens (primary N) is 1. The van der Waals surface area contributed by atoms with Gasteiger partial charge >= 0.3 is 5.69 Å². The van der Waals surface area contributed by atoms with Crippen LogP contribution in [0.1, 0.15) is 0 Å². The lowest BCUT2D eigenvalue weighted by atomic mass is 10.1. The summed E-state index contributed by atoms with van der Waals surface area (Å²) in [5.74, 6) is 1.37. The zero-order chi connectivity index (χ0) is 47.8. The first kappa shape index (κ1) is 45.1. The summed E-state index contributed by atoms with van der Waals surface area (Å²) < 4.78 is 13.5. The van der Waals surface area contributed by atoms with E-state index >= 15 is 0 Å². The van der Waals surface area contributed by atoms with E-state index in [9.17, 15) is 19.7 Å². The number of likely N-dealkylation sites (N-methyl/N-ethyl adjacent to an activating group) is 2. The third kappa shape index (κ3) is 8.81. The smallest absolute Gasteiger partial charge is 0.311 e. The Morgan fingerprint density at radius 2 is 1.04 bits per heavy atom. The molecule has 0 saturated carbocycles. The quantitative estimate of drug-likeness (QED) is 0.0708. The van der Waals surface area contributed by atoms with Gasteiger partial charge in [-0.15, -0.1) is 0 Å². The molecule has 10 rings (SSSR count). The molecule has 20 heteroatoms. The molecule has 8 aromatic rings. The standard InChI is InChI=1S/C24H25N7O4.C24H27N7O2/c1-28-7-9-30(10-8-28)16-6-4-5-15(11-16)26-24-25-14-20-22(27-24)17-13-21(35-3)19(31(33)34)12-18(17)23(32)29(20)2;1-29-7-9-31(10-8-29)16-6-4-5-15(11-16)27-24-26-14-20-22(28-24)17-13-21(33-3)19(25)12-18(17)23(32)30(20)2/h4-6,11-14H,7-10H2,1-3H3,(H,25,26,27);4-6,11-14H,7-10,25H2,1-3H3,(H,26,27,28). The second-order valence-electron chi connectivity index (χ2n) is 17.0. The van der Waals surface area contributed by atoms with Gasteiger partial charge in [0, 0.05) is 106 Å². The van der Waals surface area contributed by atoms with Crippen molar-refractivity contribution in [1.82, 2.24) is 38.9 Å². The van der Waals surface area contributed by atoms with Gasteiger partial charge in [-0.1, -0.05) is 12.1 Å². The minimum absolute atomic E-state index is 0.0602. The summed E-state index contributed by atoms with van der Waals surface area (Å²) in [5, 5.41) is 19.9. The number of ether oxygens (including phenoxy) is 2. The lowest BCUT2D eigenvalue weighted by Crippen LogP contribution is -2.44. The number of hydrogen-bond acceptors (Lipinski definition) is 17. The maximum Gasteiger partial charge on any atom is 0.311 e. The van der Waals surface area contributed by atoms with Crippen LogP contribution in [0, 0.1) is 10.1 Å². The molecule has 0 atom stereocenters. The number of nitro benzene ring substituents is 1. The van der Waals surface area contributed by atoms with Crippen molar-refractivity contribution < 1.29 is 14.4 Å². The summed E-state index contributed by atoms with van der Waals surface area (Å²) in [7, 11) is 10.5. The number of rotatable bonds is 9. The fraction of sp³-hybridized carbons (Fsp3) is 0.292. The van der Waals surface area contributed by atoms with E-state index in [-0.39, 0.29) is 27.9 Å². The number of fused-ring (bicyclic) bond motifs is 6. The van der Waals surface area contributed by atoms with Gasteiger partial charge in [-0.2, -0.15) is 0 Å². The van der Waals surface area contributed by atoms with Crippen LogP contribution in [0.5, 0.6) is 11.5 Å². The Bertz CT molecular complexity index is 3360. The van der Waals surface area contributed by atoms with Crippen LogP contribution in [-0.4, -0.2) is 124 Å². The lowest BCUT2D eigenvalue weighted by molar-refractivity contribution is -0.385. The Morgan fingerprint density at radius 3 is 1.49 bits per heavy atom. The highest BCUT2D eigenvalue weighted by Gasteiger charge is 2.22. The summed E-state index contributed by atoms with van der Waals surface area (Å²) in [6.45, 7) is 8.03. The fourth-order valence-corrected chi connectivity index (χ4v) is 8.68. The van der Waals surface area contributed by atoms with E-state index in [0.717, 1.165) is 69.4 Å². The Labute approximate surface area is 390 Å². The van der Waals surface area contributed by atoms with Crippen molar-refractivity contribution in [3.8, 4) is 11.5 Å². The molecule has 2 aliphatic rings. The van der Waals surface area contributed by atoms with E-state index in [1.165, 1.54) is 29.5 Å². The highest BCUT2D eigenvalue weighted by molar-refractivity contribution is 6.06. The summed E-state index contributed by atoms with van der Waals surface area (Å²) in [4.78, 5) is 64.4. The molecule has 68 heavy (non-hydrogen) atoms. The topological polar surface area (TPSA) is 220 Å². The summed E-state index contributed by atoms with van der Waals surface area (Å²) in [5.41, 5.74) is 12.0. The van der Waals surface area contributed by atoms with Crippen molar-refractivity contribution in [1.29, 1.82) is 0 Å². The molecule has 0 radical (unpaired) electrons. The molecule has 350 valence electrons. The van der Waals surface area contributed by atoms with Gasteiger partial charge in [0.15, 0.2) is 5.75 Å². The normalized spacial score (nSPS) is 14.6. The molecular weight excluding hydrogens is 869 g/mol. The van der Waals surface area contributed by atoms with Crippen LogP contribution in [0.15, 0.2) is 94.8 Å². The largest absolute Gasteiger partial charge is 0.495 e. The van der Waals surface area contributed by atoms with E-state index in [1.807, 2.05) is 24.3 Å². The molecule has 2 aliphatic heterocycles. The van der Waals surface area contributed by atoms with E-state index in [0.29, 0.717) is 61.6 Å². The van der Waals surface area contributed by atoms with Gasteiger partial charge < -0.3 is 54.6 Å². The van der Waals surface area contributed by atoms with Crippen molar-refractivity contribution in [3.63, 3.8) is 0 Å². The van der Waals surface area contributed by atoms with Gasteiger partial charge in [-0.25, -0.2) is 19.9 Å². The van der Waals surface area contributed by atoms with Crippen molar-refractivity contribution in [2.24, 2.45) is 14.1 Å². The van der Waals surface area contributed by atoms with Gasteiger partial charge in [-0.3, -0.25) is 19.7 Å². The zero-order valence-corrected chi connectivity index (χ0v) is 38.7. The highest BCUT2D eigenvalue weighted by atomic mass is 16.6. The Hall–Kier alpha value is -8.10. The number of hydrogen-bond donors (Lipinski definition) is 3. The highest BCUT2D eigenvalue weighted by Crippen LogP contribution is 2.35. The van der Waals surface area contributed by atoms with Gasteiger partial charge in [0.05, 0.1) is 59.0 Å². The van der Waals surface area contributed by atoms with Crippen molar-refractivity contribution >= 4 is 89.6 Å². The third-order valence-electron chi connectivity index (χ3n) is 12.7. The van der Waals surface area contributed by atoms with E-state index in [1.54, 1.807) is 50.3 Å². The Morgan fingerprint density at radius 1 is 0.603 bits per heavy atom. The number of piperazine rings is 2. The Kier molecular flexibility index (Phi) is 12.4. The summed E-state index contributed by atoms with van der Waals surface area (Å²) in [6.07, 6.45) is 3.24. The number of aryl methyl sites for hydroxylation is 2. The molecule has 2 saturated heterocycles. The maximum absolute atomic E-state index is 12.9. The molecule has 2 fully saturated rings. The van der Waals surface area contributed by atoms with Gasteiger partial charge in [-0.05, 0) is 68.7 Å². The van der Waals surface area contributed by atoms with Crippen LogP contribution in [-0.2, 0) is 14.1 Å². The number of aromatic nitrogens is 6. The molecule has 20 nitrogen and oxygen atoms in total. The van der Waals surface area contributed by atoms with Gasteiger partial charge in [0.2, 0.25) is 11.9 Å². The minimum atomic E-state index is -0.567. The average Bonchev–Trinajstić information content (AvgIpc) is 3.35. The summed E-state index contributed by atoms with van der Waals surface area (Å²) in [6, 6.07) is 22.5. The van der Waals surface area contributed by atoms with Gasteiger partial charge in [0.1, 0.15) is 16.8 Å². The molecule has 6 heterocycles. The molecule has 0 unspecified atom stereocenters. The number of nitrogens with zero attached hydrogens (tertiary/aromatic N) is 11. The molecule has 4 N–H and O–H groups in total. The molecular formula is C48H52N14O6. The van der Waals surface area contributed by atoms with Crippen molar-refractivity contribution in [3.05, 3.63) is 116 Å². The van der Waals surface area contributed by atoms with E-state index < -0.39 is 4.92 Å². The Balaban J connectivity index is 0.000000170. The van der Waals surface area contributed by atoms with Crippen LogP contribution in [0.3, 0.4) is 0 Å². The van der Waals surface area contributed by atoms with Crippen LogP contribution >= 0.6 is 0 Å². The van der Waals surface area contributed by atoms with Crippen molar-refractivity contribution in [2.75, 3.05) is 107 Å². The molecule has 0 spiro atoms. The van der Waals surface area contributed by atoms with E-state index in [2.05, 4.69) is 83.5 Å². The average molecular weight is 921 g/mol. The predicted octanol–water partition coefficient (Wildman–Crippen LogP) is 5.46. The van der Waals surface area contributed by atoms with Gasteiger partial charge in [0.25, 0.3) is 11.1 Å². The number of nitrogen functional groups attached to an aromatic ring is 1. The van der Waals surface area contributed by atoms with Crippen LogP contribution < -0.4 is 46.8 Å². The third-order valence-corrected chi connectivity index (χ3v) is 12.7. The minimum Gasteiger partial charge on any atom is -0.495 e. The summed E-state index contributed by atoms with van der Waals surface area (Å²) >= 11 is 0. The van der Waals surface area contributed by atoms with Crippen LogP contribution in [0.2, 0.25) is 0 Å². The number of pyridine rings is 2. The number of nitro groups is 1. The number of benzene rings is 4. The monoisotopic (exact) mass is 920 g/mol. The van der Waals surface area contributed by atoms with Crippen LogP contribution in [0.4, 0.5) is 46.0 Å². The number of nitrogens with one attached hydrogen (secondary N) is 2. The number of methoxy groups -OCH3 is 2. The van der Waals surface area contributed by atoms with E-state index in [4.69, 9.17) is 20.2 Å². The first-order chi connectivity index (χ1) is 32.8. The first-order valence-corrected chi connectivity index (χ1v) is 22.1. The second-order valence-corrected chi connectivity index (χ2v) is 17.0. The molecule has 0 amide bonds. The molecule has 4 aromatic heterocycles. The SMILES string of the molecule is COc1cc2c(cc1N)c(=O)n(C)c1cnc(Nc3cccc(N4CCN(C)CC4)c3)nc21.COc1cc2c(cc1[N+](=O)[O-])c(=O)n(C)c1cnc(Nc3cccc(N4CCN(C)CC4)c3)nc21.